The van der Waals surface area contributed by atoms with Crippen LogP contribution in [0.3, 0.4) is 0 Å². The predicted molar refractivity (Wildman–Crippen MR) is 106 cm³/mol. The summed E-state index contributed by atoms with van der Waals surface area (Å²) in [5, 5.41) is 8.12. The first-order chi connectivity index (χ1) is 13.4. The molecule has 7 nitrogen and oxygen atoms in total. The Morgan fingerprint density at radius 2 is 1.93 bits per heavy atom. The van der Waals surface area contributed by atoms with Crippen LogP contribution in [0.1, 0.15) is 39.2 Å². The van der Waals surface area contributed by atoms with Crippen molar-refractivity contribution in [3.05, 3.63) is 82.3 Å². The maximum atomic E-state index is 13.1. The quantitative estimate of drug-likeness (QED) is 0.576. The summed E-state index contributed by atoms with van der Waals surface area (Å²) in [6.07, 6.45) is 5.13. The molecule has 0 bridgehead atoms. The third kappa shape index (κ3) is 3.25. The van der Waals surface area contributed by atoms with Gasteiger partial charge in [-0.05, 0) is 31.5 Å². The van der Waals surface area contributed by atoms with Crippen LogP contribution in [0.2, 0.25) is 5.02 Å². The number of aryl methyl sites for hydroxylation is 3. The molecule has 0 radical (unpaired) electrons. The Morgan fingerprint density at radius 3 is 2.61 bits per heavy atom. The fraction of sp³-hybridized carbons (Fsp3) is 0.200. The van der Waals surface area contributed by atoms with E-state index in [1.807, 2.05) is 49.9 Å². The van der Waals surface area contributed by atoms with Gasteiger partial charge in [-0.25, -0.2) is 14.5 Å². The molecule has 1 N–H and O–H groups in total. The number of nitrogens with one attached hydrogen (secondary N) is 1. The smallest absolute Gasteiger partial charge is 0.255 e. The number of hydrogen-bond acceptors (Lipinski definition) is 4. The standard InChI is InChI=1S/C20H19ClN6O/c1-12-10-17-23-11-16(13(2)27(17)25-12)20(28)24-18(19-22-8-9-26(19)3)14-4-6-15(21)7-5-14/h4-11,18H,1-3H3,(H,24,28)/t18-/m1/s1. The van der Waals surface area contributed by atoms with Crippen molar-refractivity contribution >= 4 is 23.2 Å². The molecule has 0 aliphatic rings. The molecular formula is C20H19ClN6O. The van der Waals surface area contributed by atoms with Gasteiger partial charge in [0.15, 0.2) is 5.65 Å². The van der Waals surface area contributed by atoms with Crippen molar-refractivity contribution in [1.82, 2.24) is 29.5 Å². The van der Waals surface area contributed by atoms with Crippen LogP contribution in [0.25, 0.3) is 5.65 Å². The van der Waals surface area contributed by atoms with E-state index >= 15 is 0 Å². The van der Waals surface area contributed by atoms with E-state index in [0.29, 0.717) is 16.2 Å². The van der Waals surface area contributed by atoms with Crippen molar-refractivity contribution < 1.29 is 4.79 Å². The average Bonchev–Trinajstić information content (AvgIpc) is 3.26. The summed E-state index contributed by atoms with van der Waals surface area (Å²) < 4.78 is 3.56. The second-order valence-corrected chi connectivity index (χ2v) is 7.10. The van der Waals surface area contributed by atoms with Crippen molar-refractivity contribution in [2.75, 3.05) is 0 Å². The number of carbonyl (C=O) groups is 1. The van der Waals surface area contributed by atoms with Gasteiger partial charge in [0, 0.05) is 36.7 Å². The van der Waals surface area contributed by atoms with Crippen molar-refractivity contribution in [3.8, 4) is 0 Å². The third-order valence-electron chi connectivity index (χ3n) is 4.69. The van der Waals surface area contributed by atoms with E-state index in [9.17, 15) is 4.79 Å². The van der Waals surface area contributed by atoms with Gasteiger partial charge in [0.05, 0.1) is 17.0 Å². The molecule has 0 spiro atoms. The molecule has 4 aromatic rings. The fourth-order valence-electron chi connectivity index (χ4n) is 3.20. The normalized spacial score (nSPS) is 12.3. The van der Waals surface area contributed by atoms with E-state index in [4.69, 9.17) is 11.6 Å². The number of amides is 1. The molecule has 0 saturated heterocycles. The Labute approximate surface area is 167 Å². The van der Waals surface area contributed by atoms with E-state index < -0.39 is 6.04 Å². The van der Waals surface area contributed by atoms with Gasteiger partial charge in [-0.1, -0.05) is 23.7 Å². The lowest BCUT2D eigenvalue weighted by Crippen LogP contribution is -2.32. The van der Waals surface area contributed by atoms with Crippen LogP contribution < -0.4 is 5.32 Å². The van der Waals surface area contributed by atoms with Gasteiger partial charge >= 0.3 is 0 Å². The Morgan fingerprint density at radius 1 is 1.18 bits per heavy atom. The second kappa shape index (κ2) is 7.09. The highest BCUT2D eigenvalue weighted by Gasteiger charge is 2.23. The lowest BCUT2D eigenvalue weighted by molar-refractivity contribution is 0.0939. The third-order valence-corrected chi connectivity index (χ3v) is 4.94. The highest BCUT2D eigenvalue weighted by Crippen LogP contribution is 2.23. The van der Waals surface area contributed by atoms with Gasteiger partial charge in [-0.3, -0.25) is 4.79 Å². The molecule has 3 aromatic heterocycles. The van der Waals surface area contributed by atoms with E-state index in [0.717, 1.165) is 22.8 Å². The number of fused-ring (bicyclic) bond motifs is 1. The number of imidazole rings is 1. The van der Waals surface area contributed by atoms with Crippen molar-refractivity contribution in [3.63, 3.8) is 0 Å². The zero-order valence-corrected chi connectivity index (χ0v) is 16.5. The molecule has 1 aromatic carbocycles. The largest absolute Gasteiger partial charge is 0.338 e. The van der Waals surface area contributed by atoms with Crippen molar-refractivity contribution in [2.24, 2.45) is 7.05 Å². The molecule has 0 aliphatic heterocycles. The monoisotopic (exact) mass is 394 g/mol. The average molecular weight is 395 g/mol. The van der Waals surface area contributed by atoms with E-state index in [-0.39, 0.29) is 5.91 Å². The Balaban J connectivity index is 1.72. The van der Waals surface area contributed by atoms with Gasteiger partial charge < -0.3 is 9.88 Å². The summed E-state index contributed by atoms with van der Waals surface area (Å²) >= 11 is 6.03. The van der Waals surface area contributed by atoms with E-state index in [1.54, 1.807) is 29.0 Å². The fourth-order valence-corrected chi connectivity index (χ4v) is 3.33. The summed E-state index contributed by atoms with van der Waals surface area (Å²) in [5.41, 5.74) is 3.63. The summed E-state index contributed by atoms with van der Waals surface area (Å²) in [5.74, 6) is 0.472. The van der Waals surface area contributed by atoms with Gasteiger partial charge in [0.25, 0.3) is 5.91 Å². The lowest BCUT2D eigenvalue weighted by Gasteiger charge is -2.20. The Hall–Kier alpha value is -3.19. The predicted octanol–water partition coefficient (Wildman–Crippen LogP) is 3.25. The Bertz CT molecular complexity index is 1160. The van der Waals surface area contributed by atoms with Crippen LogP contribution in [0.4, 0.5) is 0 Å². The zero-order valence-electron chi connectivity index (χ0n) is 15.7. The molecule has 8 heteroatoms. The molecule has 3 heterocycles. The maximum absolute atomic E-state index is 13.1. The van der Waals surface area contributed by atoms with E-state index in [2.05, 4.69) is 20.4 Å². The first kappa shape index (κ1) is 18.2. The number of hydrogen-bond donors (Lipinski definition) is 1. The molecular weight excluding hydrogens is 376 g/mol. The first-order valence-corrected chi connectivity index (χ1v) is 9.17. The highest BCUT2D eigenvalue weighted by molar-refractivity contribution is 6.30. The number of benzene rings is 1. The van der Waals surface area contributed by atoms with Crippen molar-refractivity contribution in [1.29, 1.82) is 0 Å². The molecule has 0 aliphatic carbocycles. The minimum absolute atomic E-state index is 0.247. The minimum Gasteiger partial charge on any atom is -0.338 e. The van der Waals surface area contributed by atoms with Crippen LogP contribution in [-0.4, -0.2) is 30.1 Å². The first-order valence-electron chi connectivity index (χ1n) is 8.79. The van der Waals surface area contributed by atoms with Crippen LogP contribution in [0, 0.1) is 13.8 Å². The van der Waals surface area contributed by atoms with Gasteiger partial charge in [0.1, 0.15) is 11.9 Å². The van der Waals surface area contributed by atoms with E-state index in [1.165, 1.54) is 0 Å². The lowest BCUT2D eigenvalue weighted by atomic mass is 10.1. The Kier molecular flexibility index (Phi) is 4.60. The topological polar surface area (TPSA) is 77.1 Å². The van der Waals surface area contributed by atoms with Crippen LogP contribution in [0.15, 0.2) is 48.9 Å². The highest BCUT2D eigenvalue weighted by atomic mass is 35.5. The summed E-state index contributed by atoms with van der Waals surface area (Å²) in [6, 6.07) is 8.80. The molecule has 1 atom stereocenters. The molecule has 4 rings (SSSR count). The number of carbonyl (C=O) groups excluding carboxylic acids is 1. The number of rotatable bonds is 4. The SMILES string of the molecule is Cc1cc2ncc(C(=O)N[C@H](c3ccc(Cl)cc3)c3nccn3C)c(C)n2n1. The zero-order chi connectivity index (χ0) is 19.8. The van der Waals surface area contributed by atoms with Crippen LogP contribution >= 0.6 is 11.6 Å². The van der Waals surface area contributed by atoms with Crippen LogP contribution in [-0.2, 0) is 7.05 Å². The number of halogens is 1. The number of nitrogens with zero attached hydrogens (tertiary/aromatic N) is 5. The van der Waals surface area contributed by atoms with Crippen molar-refractivity contribution in [2.45, 2.75) is 19.9 Å². The minimum atomic E-state index is -0.431. The summed E-state index contributed by atoms with van der Waals surface area (Å²) in [4.78, 5) is 21.9. The molecule has 1 amide bonds. The molecule has 28 heavy (non-hydrogen) atoms. The summed E-state index contributed by atoms with van der Waals surface area (Å²) in [6.45, 7) is 3.75. The van der Waals surface area contributed by atoms with Gasteiger partial charge in [-0.15, -0.1) is 0 Å². The molecule has 0 unspecified atom stereocenters. The van der Waals surface area contributed by atoms with Gasteiger partial charge in [0.2, 0.25) is 0 Å². The second-order valence-electron chi connectivity index (χ2n) is 6.67. The molecule has 0 saturated carbocycles. The number of aromatic nitrogens is 5. The maximum Gasteiger partial charge on any atom is 0.255 e. The molecule has 142 valence electrons. The van der Waals surface area contributed by atoms with Gasteiger partial charge in [-0.2, -0.15) is 5.10 Å². The molecule has 0 fully saturated rings. The van der Waals surface area contributed by atoms with Crippen LogP contribution in [0.5, 0.6) is 0 Å². The summed E-state index contributed by atoms with van der Waals surface area (Å²) in [7, 11) is 1.89.